The van der Waals surface area contributed by atoms with E-state index in [0.29, 0.717) is 6.07 Å². The number of nitrogens with one attached hydrogen (secondary N) is 1. The Balaban J connectivity index is 1.46. The molecule has 1 atom stereocenters. The molecule has 0 bridgehead atoms. The van der Waals surface area contributed by atoms with Gasteiger partial charge >= 0.3 is 6.18 Å². The van der Waals surface area contributed by atoms with E-state index >= 15 is 0 Å². The van der Waals surface area contributed by atoms with Crippen molar-refractivity contribution in [2.45, 2.75) is 63.5 Å². The number of halogens is 6. The van der Waals surface area contributed by atoms with E-state index in [9.17, 15) is 31.1 Å². The van der Waals surface area contributed by atoms with Crippen LogP contribution in [0.5, 0.6) is 0 Å². The van der Waals surface area contributed by atoms with E-state index < -0.39 is 35.5 Å². The molecule has 12 heteroatoms. The predicted octanol–water partition coefficient (Wildman–Crippen LogP) is 3.20. The summed E-state index contributed by atoms with van der Waals surface area (Å²) in [7, 11) is 0. The van der Waals surface area contributed by atoms with Crippen molar-refractivity contribution in [3.8, 4) is 0 Å². The van der Waals surface area contributed by atoms with Crippen LogP contribution in [0.1, 0.15) is 42.9 Å². The van der Waals surface area contributed by atoms with Crippen LogP contribution in [-0.2, 0) is 30.5 Å². The van der Waals surface area contributed by atoms with Gasteiger partial charge in [0.05, 0.1) is 6.54 Å². The molecule has 0 radical (unpaired) electrons. The first-order valence-electron chi connectivity index (χ1n) is 10.3. The Morgan fingerprint density at radius 3 is 2.47 bits per heavy atom. The lowest BCUT2D eigenvalue weighted by Crippen LogP contribution is -2.47. The monoisotopic (exact) mass is 461 g/mol. The largest absolute Gasteiger partial charge is 0.451 e. The van der Waals surface area contributed by atoms with Crippen LogP contribution in [0.4, 0.5) is 26.3 Å². The number of aromatic nitrogens is 3. The van der Waals surface area contributed by atoms with E-state index in [1.54, 1.807) is 0 Å². The number of hydrogen-bond acceptors (Lipinski definition) is 4. The van der Waals surface area contributed by atoms with Crippen molar-refractivity contribution in [2.75, 3.05) is 6.54 Å². The molecule has 0 saturated heterocycles. The molecule has 1 aliphatic heterocycles. The Hall–Kier alpha value is -2.63. The van der Waals surface area contributed by atoms with Gasteiger partial charge in [0.25, 0.3) is 0 Å². The minimum absolute atomic E-state index is 0.0342. The molecular weight excluding hydrogens is 440 g/mol. The van der Waals surface area contributed by atoms with Crippen LogP contribution >= 0.6 is 0 Å². The summed E-state index contributed by atoms with van der Waals surface area (Å²) in [5.74, 6) is -4.78. The maximum atomic E-state index is 14.1. The van der Waals surface area contributed by atoms with Crippen LogP contribution in [0.3, 0.4) is 0 Å². The molecule has 4 rings (SSSR count). The van der Waals surface area contributed by atoms with Gasteiger partial charge in [0.2, 0.25) is 11.7 Å². The van der Waals surface area contributed by atoms with Crippen LogP contribution in [-0.4, -0.2) is 44.2 Å². The van der Waals surface area contributed by atoms with Crippen LogP contribution < -0.4 is 5.32 Å². The van der Waals surface area contributed by atoms with E-state index in [0.717, 1.165) is 29.9 Å². The van der Waals surface area contributed by atoms with Gasteiger partial charge in [0.15, 0.2) is 17.5 Å². The number of carbonyl (C=O) groups is 1. The van der Waals surface area contributed by atoms with Crippen molar-refractivity contribution in [3.63, 3.8) is 0 Å². The van der Waals surface area contributed by atoms with Gasteiger partial charge in [-0.05, 0) is 30.9 Å². The number of rotatable bonds is 6. The highest BCUT2D eigenvalue weighted by molar-refractivity contribution is 5.77. The molecule has 2 aliphatic rings. The molecule has 1 saturated carbocycles. The maximum absolute atomic E-state index is 14.1. The van der Waals surface area contributed by atoms with E-state index in [4.69, 9.17) is 0 Å². The molecule has 174 valence electrons. The Morgan fingerprint density at radius 2 is 1.81 bits per heavy atom. The van der Waals surface area contributed by atoms with Crippen LogP contribution in [0, 0.1) is 17.5 Å². The first kappa shape index (κ1) is 22.6. The number of benzene rings is 1. The fourth-order valence-corrected chi connectivity index (χ4v) is 4.00. The lowest BCUT2D eigenvalue weighted by Gasteiger charge is -2.33. The van der Waals surface area contributed by atoms with Gasteiger partial charge in [-0.3, -0.25) is 4.79 Å². The molecule has 1 fully saturated rings. The number of nitrogens with zero attached hydrogens (tertiary/aromatic N) is 4. The first-order valence-corrected chi connectivity index (χ1v) is 10.3. The lowest BCUT2D eigenvalue weighted by molar-refractivity contribution is -0.148. The van der Waals surface area contributed by atoms with Gasteiger partial charge in [-0.2, -0.15) is 13.2 Å². The number of alkyl halides is 3. The first-order chi connectivity index (χ1) is 15.1. The van der Waals surface area contributed by atoms with Crippen molar-refractivity contribution < 1.29 is 31.1 Å². The zero-order chi connectivity index (χ0) is 23.0. The SMILES string of the molecule is O=C(C[C@@H](Cc1cc(F)c(F)cc1F)NC1CCC1)N1CCn2c(nnc2C(F)(F)F)C1. The third kappa shape index (κ3) is 4.74. The predicted molar refractivity (Wildman–Crippen MR) is 99.6 cm³/mol. The highest BCUT2D eigenvalue weighted by atomic mass is 19.4. The van der Waals surface area contributed by atoms with E-state index in [-0.39, 0.29) is 55.8 Å². The highest BCUT2D eigenvalue weighted by Gasteiger charge is 2.40. The lowest BCUT2D eigenvalue weighted by atomic mass is 9.91. The van der Waals surface area contributed by atoms with Crippen molar-refractivity contribution in [1.29, 1.82) is 0 Å². The zero-order valence-corrected chi connectivity index (χ0v) is 16.9. The quantitative estimate of drug-likeness (QED) is 0.530. The second-order valence-electron chi connectivity index (χ2n) is 8.16. The van der Waals surface area contributed by atoms with Gasteiger partial charge in [0.1, 0.15) is 5.82 Å². The number of carbonyl (C=O) groups excluding carboxylic acids is 1. The van der Waals surface area contributed by atoms with Gasteiger partial charge in [-0.25, -0.2) is 13.2 Å². The van der Waals surface area contributed by atoms with Gasteiger partial charge in [0, 0.05) is 37.7 Å². The molecule has 1 aliphatic carbocycles. The summed E-state index contributed by atoms with van der Waals surface area (Å²) in [6.07, 6.45) is -1.95. The third-order valence-corrected chi connectivity index (χ3v) is 5.91. The summed E-state index contributed by atoms with van der Waals surface area (Å²) in [6.45, 7) is -0.179. The molecule has 0 unspecified atom stereocenters. The Labute approximate surface area is 179 Å². The molecule has 32 heavy (non-hydrogen) atoms. The van der Waals surface area contributed by atoms with E-state index in [1.807, 2.05) is 0 Å². The fourth-order valence-electron chi connectivity index (χ4n) is 4.00. The second kappa shape index (κ2) is 8.72. The van der Waals surface area contributed by atoms with Gasteiger partial charge in [-0.15, -0.1) is 10.2 Å². The molecule has 1 aromatic carbocycles. The summed E-state index contributed by atoms with van der Waals surface area (Å²) in [4.78, 5) is 14.3. The van der Waals surface area contributed by atoms with Crippen LogP contribution in [0.25, 0.3) is 0 Å². The van der Waals surface area contributed by atoms with E-state index in [2.05, 4.69) is 15.5 Å². The molecule has 1 aromatic heterocycles. The molecule has 2 heterocycles. The van der Waals surface area contributed by atoms with Crippen LogP contribution in [0.15, 0.2) is 12.1 Å². The van der Waals surface area contributed by atoms with Crippen LogP contribution in [0.2, 0.25) is 0 Å². The average Bonchev–Trinajstić information content (AvgIpc) is 3.12. The molecule has 2 aromatic rings. The van der Waals surface area contributed by atoms with Crippen molar-refractivity contribution in [3.05, 3.63) is 46.8 Å². The topological polar surface area (TPSA) is 63.1 Å². The summed E-state index contributed by atoms with van der Waals surface area (Å²) in [5.41, 5.74) is -0.0540. The summed E-state index contributed by atoms with van der Waals surface area (Å²) in [5, 5.41) is 10.0. The Bertz CT molecular complexity index is 1000. The van der Waals surface area contributed by atoms with Gasteiger partial charge in [-0.1, -0.05) is 6.42 Å². The van der Waals surface area contributed by atoms with Crippen molar-refractivity contribution in [2.24, 2.45) is 0 Å². The van der Waals surface area contributed by atoms with Gasteiger partial charge < -0.3 is 14.8 Å². The molecular formula is C20H21F6N5O. The third-order valence-electron chi connectivity index (χ3n) is 5.91. The van der Waals surface area contributed by atoms with Crippen molar-refractivity contribution in [1.82, 2.24) is 25.0 Å². The fraction of sp³-hybridized carbons (Fsp3) is 0.550. The number of fused-ring (bicyclic) bond motifs is 1. The molecule has 6 nitrogen and oxygen atoms in total. The minimum atomic E-state index is -4.64. The highest BCUT2D eigenvalue weighted by Crippen LogP contribution is 2.29. The molecule has 1 amide bonds. The molecule has 1 N–H and O–H groups in total. The Morgan fingerprint density at radius 1 is 1.09 bits per heavy atom. The smallest absolute Gasteiger partial charge is 0.333 e. The standard InChI is InChI=1S/C20H21F6N5O/c21-14-9-16(23)15(22)7-11(14)6-13(27-12-2-1-3-12)8-18(32)30-4-5-31-17(10-30)28-29-19(31)20(24,25)26/h7,9,12-13,27H,1-6,8,10H2/t13-/m1/s1. The summed E-state index contributed by atoms with van der Waals surface area (Å²) in [6, 6.07) is 0.854. The number of amides is 1. The normalized spacial score (nSPS) is 17.8. The molecule has 0 spiro atoms. The minimum Gasteiger partial charge on any atom is -0.333 e. The van der Waals surface area contributed by atoms with E-state index in [1.165, 1.54) is 4.90 Å². The Kier molecular flexibility index (Phi) is 6.15. The second-order valence-corrected chi connectivity index (χ2v) is 8.16. The number of hydrogen-bond donors (Lipinski definition) is 1. The zero-order valence-electron chi connectivity index (χ0n) is 16.9. The average molecular weight is 461 g/mol. The van der Waals surface area contributed by atoms with Crippen molar-refractivity contribution >= 4 is 5.91 Å². The maximum Gasteiger partial charge on any atom is 0.451 e. The summed E-state index contributed by atoms with van der Waals surface area (Å²) < 4.78 is 80.9. The summed E-state index contributed by atoms with van der Waals surface area (Å²) >= 11 is 0.